The molecule has 5 nitrogen and oxygen atoms in total. The van der Waals surface area contributed by atoms with Gasteiger partial charge in [-0.05, 0) is 57.4 Å². The Hall–Kier alpha value is -2.04. The molecule has 2 fully saturated rings. The van der Waals surface area contributed by atoms with Crippen LogP contribution < -0.4 is 15.5 Å². The molecule has 0 aromatic heterocycles. The highest BCUT2D eigenvalue weighted by atomic mass is 16.2. The fourth-order valence-electron chi connectivity index (χ4n) is 3.73. The Morgan fingerprint density at radius 3 is 2.20 bits per heavy atom. The quantitative estimate of drug-likeness (QED) is 0.799. The summed E-state index contributed by atoms with van der Waals surface area (Å²) < 4.78 is 0. The van der Waals surface area contributed by atoms with Gasteiger partial charge in [-0.2, -0.15) is 0 Å². The molecule has 2 atom stereocenters. The zero-order chi connectivity index (χ0) is 17.8. The van der Waals surface area contributed by atoms with Crippen molar-refractivity contribution >= 4 is 23.2 Å². The summed E-state index contributed by atoms with van der Waals surface area (Å²) in [4.78, 5) is 26.8. The molecule has 0 spiro atoms. The number of nitrogens with zero attached hydrogens (tertiary/aromatic N) is 1. The molecule has 0 aliphatic heterocycles. The first kappa shape index (κ1) is 17.8. The lowest BCUT2D eigenvalue weighted by Crippen LogP contribution is -2.34. The molecule has 1 aromatic carbocycles. The number of carbonyl (C=O) groups is 2. The van der Waals surface area contributed by atoms with Gasteiger partial charge in [-0.1, -0.05) is 12.8 Å². The first-order chi connectivity index (χ1) is 12.1. The van der Waals surface area contributed by atoms with Gasteiger partial charge in [-0.15, -0.1) is 0 Å². The summed E-state index contributed by atoms with van der Waals surface area (Å²) >= 11 is 0. The lowest BCUT2D eigenvalue weighted by atomic mass is 10.2. The van der Waals surface area contributed by atoms with Gasteiger partial charge in [0.25, 0.3) is 0 Å². The van der Waals surface area contributed by atoms with Gasteiger partial charge in [0, 0.05) is 30.5 Å². The van der Waals surface area contributed by atoms with E-state index in [1.807, 2.05) is 24.3 Å². The highest BCUT2D eigenvalue weighted by Crippen LogP contribution is 2.40. The Morgan fingerprint density at radius 2 is 1.60 bits per heavy atom. The predicted molar refractivity (Wildman–Crippen MR) is 101 cm³/mol. The maximum absolute atomic E-state index is 12.4. The van der Waals surface area contributed by atoms with Crippen LogP contribution in [0.1, 0.15) is 46.0 Å². The molecule has 2 saturated carbocycles. The summed E-state index contributed by atoms with van der Waals surface area (Å²) in [7, 11) is 0. The van der Waals surface area contributed by atoms with Gasteiger partial charge in [-0.3, -0.25) is 9.59 Å². The Balaban J connectivity index is 1.49. The fourth-order valence-corrected chi connectivity index (χ4v) is 3.73. The Labute approximate surface area is 150 Å². The second-order valence-electron chi connectivity index (χ2n) is 7.15. The van der Waals surface area contributed by atoms with Crippen molar-refractivity contribution in [3.05, 3.63) is 24.3 Å². The van der Waals surface area contributed by atoms with Crippen molar-refractivity contribution in [2.45, 2.75) is 52.0 Å². The van der Waals surface area contributed by atoms with E-state index in [0.29, 0.717) is 12.5 Å². The maximum Gasteiger partial charge on any atom is 0.228 e. The van der Waals surface area contributed by atoms with Gasteiger partial charge in [0.2, 0.25) is 11.8 Å². The van der Waals surface area contributed by atoms with E-state index < -0.39 is 0 Å². The number of benzene rings is 1. The number of hydrogen-bond donors (Lipinski definition) is 2. The number of nitrogens with one attached hydrogen (secondary N) is 2. The van der Waals surface area contributed by atoms with Gasteiger partial charge in [-0.25, -0.2) is 0 Å². The molecular weight excluding hydrogens is 314 g/mol. The number of rotatable bonds is 7. The second kappa shape index (κ2) is 7.89. The van der Waals surface area contributed by atoms with Crippen LogP contribution in [0, 0.1) is 11.8 Å². The van der Waals surface area contributed by atoms with Crippen LogP contribution in [0.15, 0.2) is 24.3 Å². The van der Waals surface area contributed by atoms with Crippen LogP contribution >= 0.6 is 0 Å². The number of hydrogen-bond acceptors (Lipinski definition) is 3. The predicted octanol–water partition coefficient (Wildman–Crippen LogP) is 3.17. The molecule has 2 N–H and O–H groups in total. The Kier molecular flexibility index (Phi) is 5.61. The van der Waals surface area contributed by atoms with Gasteiger partial charge in [0.05, 0.1) is 11.8 Å². The van der Waals surface area contributed by atoms with Crippen molar-refractivity contribution in [3.8, 4) is 0 Å². The van der Waals surface area contributed by atoms with Gasteiger partial charge in [0.15, 0.2) is 0 Å². The molecule has 3 rings (SSSR count). The summed E-state index contributed by atoms with van der Waals surface area (Å²) in [6.45, 7) is 6.18. The summed E-state index contributed by atoms with van der Waals surface area (Å²) in [6.07, 6.45) is 5.22. The minimum atomic E-state index is -0.177. The molecule has 0 heterocycles. The van der Waals surface area contributed by atoms with Crippen molar-refractivity contribution in [2.24, 2.45) is 11.8 Å². The number of carbonyl (C=O) groups excluding carboxylic acids is 2. The lowest BCUT2D eigenvalue weighted by Gasteiger charge is -2.21. The number of anilines is 2. The number of amides is 2. The van der Waals surface area contributed by atoms with E-state index >= 15 is 0 Å². The van der Waals surface area contributed by atoms with Crippen molar-refractivity contribution < 1.29 is 9.59 Å². The maximum atomic E-state index is 12.4. The molecule has 0 saturated heterocycles. The molecular formula is C20H29N3O2. The van der Waals surface area contributed by atoms with Crippen LogP contribution in [0.25, 0.3) is 0 Å². The topological polar surface area (TPSA) is 61.4 Å². The van der Waals surface area contributed by atoms with Crippen molar-refractivity contribution in [1.82, 2.24) is 5.32 Å². The first-order valence-corrected chi connectivity index (χ1v) is 9.58. The molecule has 0 radical (unpaired) electrons. The fraction of sp³-hybridized carbons (Fsp3) is 0.600. The average Bonchev–Trinajstić information content (AvgIpc) is 3.28. The summed E-state index contributed by atoms with van der Waals surface area (Å²) in [5.74, 6) is -0.300. The van der Waals surface area contributed by atoms with Crippen molar-refractivity contribution in [3.63, 3.8) is 0 Å². The second-order valence-corrected chi connectivity index (χ2v) is 7.15. The van der Waals surface area contributed by atoms with Crippen molar-refractivity contribution in [1.29, 1.82) is 0 Å². The van der Waals surface area contributed by atoms with Crippen LogP contribution in [0.2, 0.25) is 0 Å². The minimum absolute atomic E-state index is 0.0397. The van der Waals surface area contributed by atoms with Crippen LogP contribution in [-0.2, 0) is 9.59 Å². The molecule has 2 unspecified atom stereocenters. The summed E-state index contributed by atoms with van der Waals surface area (Å²) in [6, 6.07) is 8.24. The van der Waals surface area contributed by atoms with E-state index in [9.17, 15) is 9.59 Å². The van der Waals surface area contributed by atoms with Crippen LogP contribution in [0.4, 0.5) is 11.4 Å². The molecule has 136 valence electrons. The zero-order valence-electron chi connectivity index (χ0n) is 15.3. The smallest absolute Gasteiger partial charge is 0.228 e. The normalized spacial score (nSPS) is 22.5. The zero-order valence-corrected chi connectivity index (χ0v) is 15.3. The lowest BCUT2D eigenvalue weighted by molar-refractivity contribution is -0.125. The summed E-state index contributed by atoms with van der Waals surface area (Å²) in [5, 5.41) is 6.04. The van der Waals surface area contributed by atoms with Crippen molar-refractivity contribution in [2.75, 3.05) is 23.3 Å². The van der Waals surface area contributed by atoms with E-state index in [1.165, 1.54) is 12.8 Å². The van der Waals surface area contributed by atoms with E-state index in [4.69, 9.17) is 0 Å². The van der Waals surface area contributed by atoms with E-state index in [1.54, 1.807) is 0 Å². The van der Waals surface area contributed by atoms with E-state index in [-0.39, 0.29) is 23.7 Å². The molecule has 1 aromatic rings. The first-order valence-electron chi connectivity index (χ1n) is 9.58. The molecule has 0 bridgehead atoms. The van der Waals surface area contributed by atoms with Gasteiger partial charge < -0.3 is 15.5 Å². The molecule has 2 aliphatic rings. The standard InChI is InChI=1S/C20H29N3O2/c1-3-23(4-2)16-11-9-15(10-12-16)22-20(25)18-13-17(18)19(24)21-14-7-5-6-8-14/h9-12,14,17-18H,3-8,13H2,1-2H3,(H,21,24)(H,22,25). The molecule has 2 aliphatic carbocycles. The third-order valence-electron chi connectivity index (χ3n) is 5.43. The van der Waals surface area contributed by atoms with Crippen LogP contribution in [0.5, 0.6) is 0 Å². The van der Waals surface area contributed by atoms with Gasteiger partial charge in [0.1, 0.15) is 0 Å². The largest absolute Gasteiger partial charge is 0.372 e. The highest BCUT2D eigenvalue weighted by Gasteiger charge is 2.48. The Bertz CT molecular complexity index is 604. The van der Waals surface area contributed by atoms with Crippen LogP contribution in [0.3, 0.4) is 0 Å². The molecule has 25 heavy (non-hydrogen) atoms. The monoisotopic (exact) mass is 343 g/mol. The summed E-state index contributed by atoms with van der Waals surface area (Å²) in [5.41, 5.74) is 1.95. The highest BCUT2D eigenvalue weighted by molar-refractivity contribution is 5.99. The van der Waals surface area contributed by atoms with Gasteiger partial charge >= 0.3 is 0 Å². The van der Waals surface area contributed by atoms with E-state index in [2.05, 4.69) is 29.4 Å². The molecule has 5 heteroatoms. The SMILES string of the molecule is CCN(CC)c1ccc(NC(=O)C2CC2C(=O)NC2CCCC2)cc1. The van der Waals surface area contributed by atoms with E-state index in [0.717, 1.165) is 37.3 Å². The van der Waals surface area contributed by atoms with Crippen LogP contribution in [-0.4, -0.2) is 30.9 Å². The average molecular weight is 343 g/mol. The third-order valence-corrected chi connectivity index (χ3v) is 5.43. The minimum Gasteiger partial charge on any atom is -0.372 e. The molecule has 2 amide bonds. The third kappa shape index (κ3) is 4.33. The Morgan fingerprint density at radius 1 is 1.00 bits per heavy atom.